The first-order valence-electron chi connectivity index (χ1n) is 4.97. The van der Waals surface area contributed by atoms with Crippen LogP contribution in [0.4, 0.5) is 0 Å². The maximum absolute atomic E-state index is 5.83. The molecule has 2 aromatic carbocycles. The smallest absolute Gasteiger partial charge is 0.131 e. The molecule has 0 aliphatic carbocycles. The quantitative estimate of drug-likeness (QED) is 0.607. The van der Waals surface area contributed by atoms with Crippen LogP contribution in [-0.4, -0.2) is 0 Å². The Labute approximate surface area is 91.3 Å². The SMILES string of the molecule is PC1c2ccccc2Oc2ccccc21. The molecule has 0 amide bonds. The molecule has 0 N–H and O–H groups in total. The van der Waals surface area contributed by atoms with Crippen molar-refractivity contribution in [2.24, 2.45) is 0 Å². The molecule has 0 bridgehead atoms. The Morgan fingerprint density at radius 1 is 0.800 bits per heavy atom. The lowest BCUT2D eigenvalue weighted by atomic mass is 10.00. The number of hydrogen-bond donors (Lipinski definition) is 0. The molecule has 0 radical (unpaired) electrons. The summed E-state index contributed by atoms with van der Waals surface area (Å²) in [5.74, 6) is 1.94. The normalized spacial score (nSPS) is 13.9. The molecule has 0 aromatic heterocycles. The Bertz CT molecular complexity index is 462. The van der Waals surface area contributed by atoms with Crippen molar-refractivity contribution in [1.82, 2.24) is 0 Å². The van der Waals surface area contributed by atoms with Crippen molar-refractivity contribution < 1.29 is 4.74 Å². The third-order valence-corrected chi connectivity index (χ3v) is 3.45. The van der Waals surface area contributed by atoms with Gasteiger partial charge in [-0.2, -0.15) is 0 Å². The van der Waals surface area contributed by atoms with Gasteiger partial charge in [0.15, 0.2) is 0 Å². The third kappa shape index (κ3) is 1.35. The Kier molecular flexibility index (Phi) is 2.00. The van der Waals surface area contributed by atoms with Crippen LogP contribution in [0.25, 0.3) is 0 Å². The Balaban J connectivity index is 2.20. The van der Waals surface area contributed by atoms with Gasteiger partial charge < -0.3 is 4.74 Å². The van der Waals surface area contributed by atoms with Gasteiger partial charge in [-0.1, -0.05) is 36.4 Å². The van der Waals surface area contributed by atoms with E-state index in [2.05, 4.69) is 21.4 Å². The summed E-state index contributed by atoms with van der Waals surface area (Å²) in [5, 5.41) is 0. The fourth-order valence-electron chi connectivity index (χ4n) is 1.95. The highest BCUT2D eigenvalue weighted by atomic mass is 31.0. The predicted molar refractivity (Wildman–Crippen MR) is 64.5 cm³/mol. The molecule has 2 aromatic rings. The summed E-state index contributed by atoms with van der Waals surface area (Å²) in [7, 11) is 2.88. The predicted octanol–water partition coefficient (Wildman–Crippen LogP) is 3.76. The molecular formula is C13H11OP. The Morgan fingerprint density at radius 2 is 1.27 bits per heavy atom. The van der Waals surface area contributed by atoms with Gasteiger partial charge in [0.25, 0.3) is 0 Å². The zero-order valence-corrected chi connectivity index (χ0v) is 9.34. The van der Waals surface area contributed by atoms with Gasteiger partial charge in [0, 0.05) is 16.8 Å². The molecule has 1 atom stereocenters. The Morgan fingerprint density at radius 3 is 1.80 bits per heavy atom. The van der Waals surface area contributed by atoms with E-state index < -0.39 is 0 Å². The summed E-state index contributed by atoms with van der Waals surface area (Å²) in [5.41, 5.74) is 2.81. The molecule has 1 nitrogen and oxygen atoms in total. The number of fused-ring (bicyclic) bond motifs is 2. The average molecular weight is 214 g/mol. The van der Waals surface area contributed by atoms with Gasteiger partial charge in [-0.15, -0.1) is 9.24 Å². The van der Waals surface area contributed by atoms with Crippen LogP contribution in [0, 0.1) is 0 Å². The molecule has 2 heteroatoms. The van der Waals surface area contributed by atoms with Crippen molar-refractivity contribution in [3.05, 3.63) is 59.7 Å². The second-order valence-electron chi connectivity index (χ2n) is 3.66. The van der Waals surface area contributed by atoms with E-state index in [1.807, 2.05) is 36.4 Å². The summed E-state index contributed by atoms with van der Waals surface area (Å²) >= 11 is 0. The third-order valence-electron chi connectivity index (χ3n) is 2.73. The van der Waals surface area contributed by atoms with Crippen molar-refractivity contribution in [2.75, 3.05) is 0 Å². The van der Waals surface area contributed by atoms with E-state index in [1.165, 1.54) is 11.1 Å². The zero-order chi connectivity index (χ0) is 10.3. The standard InChI is InChI=1S/C13H11OP/c15-13-9-5-1-3-7-11(9)14-12-8-4-2-6-10(12)13/h1-8,13H,15H2. The van der Waals surface area contributed by atoms with Crippen LogP contribution in [0.1, 0.15) is 16.8 Å². The molecule has 1 heterocycles. The topological polar surface area (TPSA) is 9.23 Å². The van der Waals surface area contributed by atoms with E-state index in [0.29, 0.717) is 5.66 Å². The first-order chi connectivity index (χ1) is 7.36. The first kappa shape index (κ1) is 8.94. The van der Waals surface area contributed by atoms with E-state index in [9.17, 15) is 0 Å². The molecule has 74 valence electrons. The monoisotopic (exact) mass is 214 g/mol. The summed E-state index contributed by atoms with van der Waals surface area (Å²) in [6.07, 6.45) is 0. The van der Waals surface area contributed by atoms with Crippen molar-refractivity contribution in [3.8, 4) is 11.5 Å². The highest BCUT2D eigenvalue weighted by Crippen LogP contribution is 2.46. The van der Waals surface area contributed by atoms with Crippen LogP contribution in [0.15, 0.2) is 48.5 Å². The Hall–Kier alpha value is -1.33. The molecule has 0 saturated carbocycles. The van der Waals surface area contributed by atoms with Gasteiger partial charge in [0.1, 0.15) is 11.5 Å². The molecule has 0 saturated heterocycles. The second-order valence-corrected chi connectivity index (χ2v) is 4.32. The van der Waals surface area contributed by atoms with Gasteiger partial charge in [-0.25, -0.2) is 0 Å². The van der Waals surface area contributed by atoms with Gasteiger partial charge in [0.05, 0.1) is 0 Å². The van der Waals surface area contributed by atoms with Crippen LogP contribution in [0.5, 0.6) is 11.5 Å². The van der Waals surface area contributed by atoms with Crippen LogP contribution >= 0.6 is 9.24 Å². The summed E-state index contributed by atoms with van der Waals surface area (Å²) in [6.45, 7) is 0. The second kappa shape index (κ2) is 3.36. The van der Waals surface area contributed by atoms with E-state index >= 15 is 0 Å². The van der Waals surface area contributed by atoms with E-state index in [1.54, 1.807) is 0 Å². The van der Waals surface area contributed by atoms with Crippen molar-refractivity contribution in [2.45, 2.75) is 5.66 Å². The highest BCUT2D eigenvalue weighted by molar-refractivity contribution is 7.17. The number of para-hydroxylation sites is 2. The lowest BCUT2D eigenvalue weighted by molar-refractivity contribution is 0.459. The minimum atomic E-state index is 0.339. The van der Waals surface area contributed by atoms with Gasteiger partial charge in [-0.3, -0.25) is 0 Å². The van der Waals surface area contributed by atoms with Crippen molar-refractivity contribution in [3.63, 3.8) is 0 Å². The molecular weight excluding hydrogens is 203 g/mol. The van der Waals surface area contributed by atoms with Gasteiger partial charge in [0.2, 0.25) is 0 Å². The minimum absolute atomic E-state index is 0.339. The first-order valence-corrected chi connectivity index (χ1v) is 5.64. The average Bonchev–Trinajstić information content (AvgIpc) is 2.30. The van der Waals surface area contributed by atoms with Crippen LogP contribution in [0.3, 0.4) is 0 Å². The summed E-state index contributed by atoms with van der Waals surface area (Å²) in [6, 6.07) is 16.4. The molecule has 1 unspecified atom stereocenters. The maximum Gasteiger partial charge on any atom is 0.131 e. The molecule has 15 heavy (non-hydrogen) atoms. The van der Waals surface area contributed by atoms with Crippen LogP contribution < -0.4 is 4.74 Å². The lowest BCUT2D eigenvalue weighted by Crippen LogP contribution is -2.04. The minimum Gasteiger partial charge on any atom is -0.457 e. The lowest BCUT2D eigenvalue weighted by Gasteiger charge is -2.25. The molecule has 3 rings (SSSR count). The fourth-order valence-corrected chi connectivity index (χ4v) is 2.50. The molecule has 1 aliphatic heterocycles. The zero-order valence-electron chi connectivity index (χ0n) is 8.18. The number of benzene rings is 2. The fraction of sp³-hybridized carbons (Fsp3) is 0.0769. The molecule has 0 fully saturated rings. The van der Waals surface area contributed by atoms with Crippen molar-refractivity contribution in [1.29, 1.82) is 0 Å². The number of hydrogen-bond acceptors (Lipinski definition) is 1. The molecule has 0 spiro atoms. The van der Waals surface area contributed by atoms with Gasteiger partial charge >= 0.3 is 0 Å². The largest absolute Gasteiger partial charge is 0.457 e. The van der Waals surface area contributed by atoms with Crippen molar-refractivity contribution >= 4 is 9.24 Å². The van der Waals surface area contributed by atoms with Crippen LogP contribution in [-0.2, 0) is 0 Å². The summed E-state index contributed by atoms with van der Waals surface area (Å²) in [4.78, 5) is 0. The van der Waals surface area contributed by atoms with E-state index in [0.717, 1.165) is 11.5 Å². The number of ether oxygens (including phenoxy) is 1. The van der Waals surface area contributed by atoms with Crippen LogP contribution in [0.2, 0.25) is 0 Å². The van der Waals surface area contributed by atoms with E-state index in [4.69, 9.17) is 4.74 Å². The summed E-state index contributed by atoms with van der Waals surface area (Å²) < 4.78 is 5.83. The van der Waals surface area contributed by atoms with Gasteiger partial charge in [-0.05, 0) is 12.1 Å². The maximum atomic E-state index is 5.83. The van der Waals surface area contributed by atoms with E-state index in [-0.39, 0.29) is 0 Å². The molecule has 1 aliphatic rings. The number of rotatable bonds is 0. The highest BCUT2D eigenvalue weighted by Gasteiger charge is 2.22.